The minimum absolute atomic E-state index is 0.0436. The second-order valence-electron chi connectivity index (χ2n) is 7.03. The summed E-state index contributed by atoms with van der Waals surface area (Å²) in [7, 11) is 0. The van der Waals surface area contributed by atoms with E-state index in [4.69, 9.17) is 0 Å². The van der Waals surface area contributed by atoms with Crippen molar-refractivity contribution in [2.24, 2.45) is 0 Å². The van der Waals surface area contributed by atoms with Crippen LogP contribution in [0.25, 0.3) is 0 Å². The van der Waals surface area contributed by atoms with Gasteiger partial charge in [-0.25, -0.2) is 14.1 Å². The maximum absolute atomic E-state index is 13.4. The van der Waals surface area contributed by atoms with Crippen LogP contribution in [0, 0.1) is 5.82 Å². The Hall–Kier alpha value is -3.55. The zero-order valence-corrected chi connectivity index (χ0v) is 15.7. The van der Waals surface area contributed by atoms with E-state index in [0.717, 1.165) is 11.0 Å². The van der Waals surface area contributed by atoms with Crippen LogP contribution < -0.4 is 4.90 Å². The van der Waals surface area contributed by atoms with Crippen molar-refractivity contribution in [3.8, 4) is 0 Å². The first-order valence-corrected chi connectivity index (χ1v) is 9.17. The van der Waals surface area contributed by atoms with Crippen molar-refractivity contribution < 1.29 is 23.6 Å². The Bertz CT molecular complexity index is 1020. The number of fused-ring (bicyclic) bond motifs is 1. The van der Waals surface area contributed by atoms with Gasteiger partial charge in [-0.3, -0.25) is 14.4 Å². The van der Waals surface area contributed by atoms with E-state index in [1.165, 1.54) is 34.9 Å². The van der Waals surface area contributed by atoms with Gasteiger partial charge in [-0.15, -0.1) is 0 Å². The molecule has 2 aromatic carbocycles. The summed E-state index contributed by atoms with van der Waals surface area (Å²) in [5, 5.41) is 0. The van der Waals surface area contributed by atoms with Crippen LogP contribution in [0.1, 0.15) is 27.6 Å². The number of benzene rings is 2. The summed E-state index contributed by atoms with van der Waals surface area (Å²) in [4.78, 5) is 53.8. The molecule has 0 aromatic heterocycles. The van der Waals surface area contributed by atoms with Crippen LogP contribution in [0.15, 0.2) is 48.5 Å². The number of ketones is 1. The monoisotopic (exact) mass is 395 g/mol. The fourth-order valence-electron chi connectivity index (χ4n) is 3.67. The highest BCUT2D eigenvalue weighted by Gasteiger charge is 2.49. The normalized spacial score (nSPS) is 18.8. The number of urea groups is 1. The van der Waals surface area contributed by atoms with Crippen LogP contribution in [0.4, 0.5) is 14.9 Å². The fraction of sp³-hybridized carbons (Fsp3) is 0.238. The molecule has 0 aliphatic carbocycles. The molecule has 29 heavy (non-hydrogen) atoms. The zero-order chi connectivity index (χ0) is 20.7. The van der Waals surface area contributed by atoms with E-state index in [0.29, 0.717) is 11.3 Å². The van der Waals surface area contributed by atoms with Gasteiger partial charge in [-0.1, -0.05) is 6.07 Å². The number of Topliss-reactive ketones (excluding diaryl/α,β-unsaturated/α-hetero) is 1. The van der Waals surface area contributed by atoms with Crippen molar-refractivity contribution >= 4 is 29.3 Å². The van der Waals surface area contributed by atoms with E-state index in [1.807, 2.05) is 0 Å². The molecule has 0 bridgehead atoms. The minimum Gasteiger partial charge on any atom is -0.334 e. The Balaban J connectivity index is 1.55. The summed E-state index contributed by atoms with van der Waals surface area (Å²) in [6, 6.07) is 10.4. The predicted molar refractivity (Wildman–Crippen MR) is 102 cm³/mol. The summed E-state index contributed by atoms with van der Waals surface area (Å²) < 4.78 is 13.4. The molecule has 148 valence electrons. The highest BCUT2D eigenvalue weighted by molar-refractivity contribution is 6.21. The van der Waals surface area contributed by atoms with Crippen molar-refractivity contribution in [2.75, 3.05) is 24.5 Å². The number of carbonyl (C=O) groups excluding carboxylic acids is 4. The van der Waals surface area contributed by atoms with Crippen molar-refractivity contribution in [3.63, 3.8) is 0 Å². The number of amides is 4. The first-order chi connectivity index (χ1) is 13.9. The minimum atomic E-state index is -0.791. The molecular formula is C21H18FN3O4. The lowest BCUT2D eigenvalue weighted by molar-refractivity contribution is -0.120. The Kier molecular flexibility index (Phi) is 4.62. The van der Waals surface area contributed by atoms with Gasteiger partial charge >= 0.3 is 6.03 Å². The van der Waals surface area contributed by atoms with Crippen molar-refractivity contribution in [3.05, 3.63) is 65.5 Å². The number of anilines is 1. The van der Waals surface area contributed by atoms with Crippen LogP contribution in [0.2, 0.25) is 0 Å². The molecule has 2 aliphatic heterocycles. The van der Waals surface area contributed by atoms with Gasteiger partial charge in [0.2, 0.25) is 0 Å². The van der Waals surface area contributed by atoms with Crippen molar-refractivity contribution in [2.45, 2.75) is 13.0 Å². The molecule has 0 radical (unpaired) electrons. The standard InChI is InChI=1S/C21H18FN3O4/c1-13(26)14-5-7-17(8-6-14)25-20(28)18-12-23(9-10-24(18)21(25)29)19(27)15-3-2-4-16(22)11-15/h2-8,11,18H,9-10,12H2,1H3. The molecule has 2 aliphatic rings. The lowest BCUT2D eigenvalue weighted by Crippen LogP contribution is -2.54. The first kappa shape index (κ1) is 18.8. The smallest absolute Gasteiger partial charge is 0.332 e. The molecular weight excluding hydrogens is 377 g/mol. The molecule has 0 N–H and O–H groups in total. The highest BCUT2D eigenvalue weighted by Crippen LogP contribution is 2.28. The van der Waals surface area contributed by atoms with E-state index >= 15 is 0 Å². The summed E-state index contributed by atoms with van der Waals surface area (Å²) in [5.41, 5.74) is 1.06. The van der Waals surface area contributed by atoms with E-state index in [2.05, 4.69) is 0 Å². The second kappa shape index (κ2) is 7.12. The molecule has 1 unspecified atom stereocenters. The lowest BCUT2D eigenvalue weighted by atomic mass is 10.1. The number of hydrogen-bond donors (Lipinski definition) is 0. The number of halogens is 1. The van der Waals surface area contributed by atoms with E-state index < -0.39 is 23.8 Å². The molecule has 4 amide bonds. The van der Waals surface area contributed by atoms with Gasteiger partial charge in [0.1, 0.15) is 11.9 Å². The molecule has 1 atom stereocenters. The molecule has 2 saturated heterocycles. The third kappa shape index (κ3) is 3.26. The Labute approximate surface area is 166 Å². The van der Waals surface area contributed by atoms with E-state index in [-0.39, 0.29) is 36.9 Å². The average molecular weight is 395 g/mol. The average Bonchev–Trinajstić information content (AvgIpc) is 2.97. The zero-order valence-electron chi connectivity index (χ0n) is 15.7. The van der Waals surface area contributed by atoms with Crippen molar-refractivity contribution in [1.29, 1.82) is 0 Å². The van der Waals surface area contributed by atoms with E-state index in [9.17, 15) is 23.6 Å². The Morgan fingerprint density at radius 1 is 1.00 bits per heavy atom. The van der Waals surface area contributed by atoms with Gasteiger partial charge in [0.15, 0.2) is 5.78 Å². The molecule has 7 nitrogen and oxygen atoms in total. The molecule has 8 heteroatoms. The molecule has 4 rings (SSSR count). The van der Waals surface area contributed by atoms with Gasteiger partial charge < -0.3 is 9.80 Å². The molecule has 2 aromatic rings. The Morgan fingerprint density at radius 3 is 2.38 bits per heavy atom. The Morgan fingerprint density at radius 2 is 1.72 bits per heavy atom. The molecule has 2 heterocycles. The van der Waals surface area contributed by atoms with Crippen molar-refractivity contribution in [1.82, 2.24) is 9.80 Å². The van der Waals surface area contributed by atoms with Gasteiger partial charge in [0.25, 0.3) is 11.8 Å². The third-order valence-electron chi connectivity index (χ3n) is 5.21. The number of piperazine rings is 1. The third-order valence-corrected chi connectivity index (χ3v) is 5.21. The fourth-order valence-corrected chi connectivity index (χ4v) is 3.67. The van der Waals surface area contributed by atoms with Gasteiger partial charge in [0.05, 0.1) is 12.2 Å². The summed E-state index contributed by atoms with van der Waals surface area (Å²) in [6.45, 7) is 1.94. The first-order valence-electron chi connectivity index (χ1n) is 9.17. The largest absolute Gasteiger partial charge is 0.334 e. The van der Waals surface area contributed by atoms with Crippen LogP contribution in [-0.2, 0) is 4.79 Å². The van der Waals surface area contributed by atoms with Gasteiger partial charge in [-0.2, -0.15) is 0 Å². The molecule has 2 fully saturated rings. The number of rotatable bonds is 3. The maximum atomic E-state index is 13.4. The summed E-state index contributed by atoms with van der Waals surface area (Å²) >= 11 is 0. The second-order valence-corrected chi connectivity index (χ2v) is 7.03. The highest BCUT2D eigenvalue weighted by atomic mass is 19.1. The number of carbonyl (C=O) groups is 4. The summed E-state index contributed by atoms with van der Waals surface area (Å²) in [5.74, 6) is -1.43. The van der Waals surface area contributed by atoms with Crippen LogP contribution in [-0.4, -0.2) is 59.1 Å². The predicted octanol–water partition coefficient (Wildman–Crippen LogP) is 2.32. The van der Waals surface area contributed by atoms with E-state index in [1.54, 1.807) is 24.3 Å². The molecule has 0 saturated carbocycles. The lowest BCUT2D eigenvalue weighted by Gasteiger charge is -2.35. The van der Waals surface area contributed by atoms with Crippen LogP contribution >= 0.6 is 0 Å². The SMILES string of the molecule is CC(=O)c1ccc(N2C(=O)C3CN(C(=O)c4cccc(F)c4)CCN3C2=O)cc1. The maximum Gasteiger partial charge on any atom is 0.332 e. The topological polar surface area (TPSA) is 78.0 Å². The van der Waals surface area contributed by atoms with Gasteiger partial charge in [0, 0.05) is 24.2 Å². The number of nitrogens with zero attached hydrogens (tertiary/aromatic N) is 3. The number of imide groups is 1. The molecule has 0 spiro atoms. The van der Waals surface area contributed by atoms with Crippen LogP contribution in [0.5, 0.6) is 0 Å². The summed E-state index contributed by atoms with van der Waals surface area (Å²) in [6.07, 6.45) is 0. The number of hydrogen-bond acceptors (Lipinski definition) is 4. The van der Waals surface area contributed by atoms with Crippen LogP contribution in [0.3, 0.4) is 0 Å². The quantitative estimate of drug-likeness (QED) is 0.590. The van der Waals surface area contributed by atoms with Gasteiger partial charge in [-0.05, 0) is 49.4 Å².